The Morgan fingerprint density at radius 3 is 2.37 bits per heavy atom. The first-order chi connectivity index (χ1) is 12.7. The van der Waals surface area contributed by atoms with E-state index in [1.54, 1.807) is 31.2 Å². The van der Waals surface area contributed by atoms with Crippen LogP contribution in [-0.4, -0.2) is 19.7 Å². The molecule has 0 aliphatic rings. The van der Waals surface area contributed by atoms with Crippen LogP contribution in [0.2, 0.25) is 0 Å². The molecule has 0 unspecified atom stereocenters. The van der Waals surface area contributed by atoms with Crippen molar-refractivity contribution in [2.45, 2.75) is 11.8 Å². The second-order valence-electron chi connectivity index (χ2n) is 6.10. The molecule has 0 amide bonds. The summed E-state index contributed by atoms with van der Waals surface area (Å²) in [7, 11) is -3.89. The molecule has 3 aromatic rings. The van der Waals surface area contributed by atoms with Crippen molar-refractivity contribution in [3.63, 3.8) is 0 Å². The van der Waals surface area contributed by atoms with E-state index < -0.39 is 26.4 Å². The summed E-state index contributed by atoms with van der Waals surface area (Å²) in [5.74, 6) is -1.89. The quantitative estimate of drug-likeness (QED) is 0.676. The van der Waals surface area contributed by atoms with Gasteiger partial charge in [0.1, 0.15) is 16.5 Å². The van der Waals surface area contributed by atoms with Gasteiger partial charge in [-0.1, -0.05) is 12.1 Å². The molecule has 0 fully saturated rings. The zero-order valence-electron chi connectivity index (χ0n) is 14.5. The molecule has 1 heterocycles. The zero-order valence-corrected chi connectivity index (χ0v) is 15.3. The summed E-state index contributed by atoms with van der Waals surface area (Å²) in [5, 5.41) is 9.07. The molecule has 1 aromatic heterocycles. The number of aromatic nitrogens is 1. The van der Waals surface area contributed by atoms with Crippen LogP contribution in [-0.2, 0) is 9.84 Å². The maximum Gasteiger partial charge on any atom is 0.178 e. The van der Waals surface area contributed by atoms with Crippen LogP contribution < -0.4 is 0 Å². The van der Waals surface area contributed by atoms with Crippen LogP contribution in [0, 0.1) is 29.9 Å². The summed E-state index contributed by atoms with van der Waals surface area (Å²) in [6.45, 7) is 1.78. The van der Waals surface area contributed by atoms with Gasteiger partial charge in [-0.25, -0.2) is 17.2 Å². The molecule has 0 radical (unpaired) electrons. The first kappa shape index (κ1) is 18.7. The van der Waals surface area contributed by atoms with Gasteiger partial charge in [-0.3, -0.25) is 4.98 Å². The van der Waals surface area contributed by atoms with Crippen molar-refractivity contribution in [3.8, 4) is 28.3 Å². The van der Waals surface area contributed by atoms with Crippen LogP contribution in [0.4, 0.5) is 8.78 Å². The fraction of sp³-hybridized carbons (Fsp3) is 0.100. The van der Waals surface area contributed by atoms with E-state index >= 15 is 0 Å². The van der Waals surface area contributed by atoms with Gasteiger partial charge in [0, 0.05) is 29.8 Å². The summed E-state index contributed by atoms with van der Waals surface area (Å²) in [6.07, 6.45) is 3.73. The van der Waals surface area contributed by atoms with E-state index in [0.717, 1.165) is 17.9 Å². The third-order valence-corrected chi connectivity index (χ3v) is 5.30. The molecule has 27 heavy (non-hydrogen) atoms. The van der Waals surface area contributed by atoms with Crippen molar-refractivity contribution in [2.24, 2.45) is 0 Å². The lowest BCUT2D eigenvalue weighted by Gasteiger charge is -2.13. The van der Waals surface area contributed by atoms with E-state index in [9.17, 15) is 17.2 Å². The van der Waals surface area contributed by atoms with Crippen LogP contribution in [0.3, 0.4) is 0 Å². The summed E-state index contributed by atoms with van der Waals surface area (Å²) in [5.41, 5.74) is 2.78. The highest BCUT2D eigenvalue weighted by Gasteiger charge is 2.20. The Morgan fingerprint density at radius 1 is 1.00 bits per heavy atom. The van der Waals surface area contributed by atoms with E-state index in [1.807, 2.05) is 0 Å². The van der Waals surface area contributed by atoms with Gasteiger partial charge < -0.3 is 0 Å². The largest absolute Gasteiger partial charge is 0.264 e. The Labute approximate surface area is 155 Å². The Hall–Kier alpha value is -3.11. The van der Waals surface area contributed by atoms with Crippen LogP contribution in [0.5, 0.6) is 0 Å². The summed E-state index contributed by atoms with van der Waals surface area (Å²) < 4.78 is 52.1. The van der Waals surface area contributed by atoms with E-state index in [1.165, 1.54) is 12.4 Å². The monoisotopic (exact) mass is 384 g/mol. The lowest BCUT2D eigenvalue weighted by Crippen LogP contribution is -2.03. The number of hydrogen-bond acceptors (Lipinski definition) is 4. The van der Waals surface area contributed by atoms with Crippen molar-refractivity contribution >= 4 is 9.84 Å². The highest BCUT2D eigenvalue weighted by Crippen LogP contribution is 2.35. The number of nitrogens with zero attached hydrogens (tertiary/aromatic N) is 2. The first-order valence-corrected chi connectivity index (χ1v) is 9.76. The Bertz CT molecular complexity index is 1200. The van der Waals surface area contributed by atoms with Gasteiger partial charge in [-0.05, 0) is 47.9 Å². The number of benzene rings is 2. The van der Waals surface area contributed by atoms with Crippen LogP contribution in [0.25, 0.3) is 22.3 Å². The van der Waals surface area contributed by atoms with Crippen molar-refractivity contribution in [2.75, 3.05) is 6.26 Å². The van der Waals surface area contributed by atoms with Crippen molar-refractivity contribution in [1.29, 1.82) is 5.26 Å². The predicted octanol–water partition coefficient (Wildman–Crippen LogP) is 4.28. The SMILES string of the molecule is Cc1cc(-c2ccncc2-c2cc(F)c(S(C)(=O)=O)cc2F)ccc1C#N. The molecule has 4 nitrogen and oxygen atoms in total. The smallest absolute Gasteiger partial charge is 0.178 e. The molecular formula is C20H14F2N2O2S. The van der Waals surface area contributed by atoms with Crippen molar-refractivity contribution < 1.29 is 17.2 Å². The van der Waals surface area contributed by atoms with E-state index in [0.29, 0.717) is 28.3 Å². The highest BCUT2D eigenvalue weighted by molar-refractivity contribution is 7.90. The Morgan fingerprint density at radius 2 is 1.74 bits per heavy atom. The summed E-state index contributed by atoms with van der Waals surface area (Å²) >= 11 is 0. The van der Waals surface area contributed by atoms with Crippen LogP contribution in [0.15, 0.2) is 53.7 Å². The number of hydrogen-bond donors (Lipinski definition) is 0. The number of sulfone groups is 1. The van der Waals surface area contributed by atoms with E-state index in [-0.39, 0.29) is 5.56 Å². The standard InChI is InChI=1S/C20H14F2N2O2S/c1-12-7-13(3-4-14(12)10-23)15-5-6-24-11-17(15)16-8-19(22)20(9-18(16)21)27(2,25)26/h3-9,11H,1-2H3. The van der Waals surface area contributed by atoms with Crippen LogP contribution in [0.1, 0.15) is 11.1 Å². The molecular weight excluding hydrogens is 370 g/mol. The number of halogens is 2. The van der Waals surface area contributed by atoms with Crippen molar-refractivity contribution in [1.82, 2.24) is 4.98 Å². The number of aryl methyl sites for hydroxylation is 1. The van der Waals surface area contributed by atoms with Crippen LogP contribution >= 0.6 is 0 Å². The molecule has 7 heteroatoms. The minimum atomic E-state index is -3.89. The van der Waals surface area contributed by atoms with E-state index in [2.05, 4.69) is 11.1 Å². The van der Waals surface area contributed by atoms with Gasteiger partial charge >= 0.3 is 0 Å². The molecule has 0 N–H and O–H groups in total. The van der Waals surface area contributed by atoms with Gasteiger partial charge in [0.2, 0.25) is 0 Å². The average Bonchev–Trinajstić information content (AvgIpc) is 2.62. The highest BCUT2D eigenvalue weighted by atomic mass is 32.2. The average molecular weight is 384 g/mol. The lowest BCUT2D eigenvalue weighted by atomic mass is 9.94. The summed E-state index contributed by atoms with van der Waals surface area (Å²) in [4.78, 5) is 3.29. The molecule has 0 aliphatic heterocycles. The van der Waals surface area contributed by atoms with Gasteiger partial charge in [-0.2, -0.15) is 5.26 Å². The van der Waals surface area contributed by atoms with Crippen molar-refractivity contribution in [3.05, 3.63) is 71.6 Å². The molecule has 0 aliphatic carbocycles. The minimum absolute atomic E-state index is 0.0926. The molecule has 0 saturated carbocycles. The number of pyridine rings is 1. The third-order valence-electron chi connectivity index (χ3n) is 4.19. The molecule has 0 atom stereocenters. The maximum atomic E-state index is 14.6. The van der Waals surface area contributed by atoms with Gasteiger partial charge in [0.25, 0.3) is 0 Å². The fourth-order valence-electron chi connectivity index (χ4n) is 2.84. The second kappa shape index (κ2) is 6.89. The first-order valence-electron chi connectivity index (χ1n) is 7.87. The minimum Gasteiger partial charge on any atom is -0.264 e. The normalized spacial score (nSPS) is 11.2. The second-order valence-corrected chi connectivity index (χ2v) is 8.08. The Balaban J connectivity index is 2.23. The topological polar surface area (TPSA) is 70.8 Å². The summed E-state index contributed by atoms with van der Waals surface area (Å²) in [6, 6.07) is 10.4. The fourth-order valence-corrected chi connectivity index (χ4v) is 3.57. The van der Waals surface area contributed by atoms with E-state index in [4.69, 9.17) is 5.26 Å². The predicted molar refractivity (Wildman–Crippen MR) is 97.6 cm³/mol. The van der Waals surface area contributed by atoms with Gasteiger partial charge in [0.15, 0.2) is 9.84 Å². The number of nitriles is 1. The Kier molecular flexibility index (Phi) is 4.77. The molecule has 3 rings (SSSR count). The molecule has 2 aromatic carbocycles. The van der Waals surface area contributed by atoms with Gasteiger partial charge in [0.05, 0.1) is 11.6 Å². The zero-order chi connectivity index (χ0) is 19.8. The molecule has 0 spiro atoms. The molecule has 0 saturated heterocycles. The van der Waals surface area contributed by atoms with Gasteiger partial charge in [-0.15, -0.1) is 0 Å². The third kappa shape index (κ3) is 3.57. The number of rotatable bonds is 3. The lowest BCUT2D eigenvalue weighted by molar-refractivity contribution is 0.557. The molecule has 0 bridgehead atoms. The maximum absolute atomic E-state index is 14.6. The molecule has 136 valence electrons.